The Morgan fingerprint density at radius 1 is 0.875 bits per heavy atom. The quantitative estimate of drug-likeness (QED) is 0.693. The van der Waals surface area contributed by atoms with E-state index < -0.39 is 0 Å². The summed E-state index contributed by atoms with van der Waals surface area (Å²) >= 11 is 0. The Balaban J connectivity index is 1.82. The molecule has 1 heterocycles. The average molecular weight is 317 g/mol. The predicted molar refractivity (Wildman–Crippen MR) is 101 cm³/mol. The number of nitrogens with one attached hydrogen (secondary N) is 1. The zero-order chi connectivity index (χ0) is 17.2. The van der Waals surface area contributed by atoms with E-state index in [0.29, 0.717) is 0 Å². The molecular weight excluding hydrogens is 294 g/mol. The van der Waals surface area contributed by atoms with E-state index in [4.69, 9.17) is 0 Å². The van der Waals surface area contributed by atoms with E-state index in [-0.39, 0.29) is 5.41 Å². The highest BCUT2D eigenvalue weighted by Crippen LogP contribution is 2.25. The van der Waals surface area contributed by atoms with Crippen molar-refractivity contribution < 1.29 is 0 Å². The van der Waals surface area contributed by atoms with E-state index >= 15 is 0 Å². The molecule has 0 aliphatic heterocycles. The third-order valence-corrected chi connectivity index (χ3v) is 4.00. The number of anilines is 2. The number of nitrogens with zero attached hydrogens (tertiary/aromatic N) is 2. The van der Waals surface area contributed by atoms with Gasteiger partial charge in [-0.05, 0) is 36.1 Å². The van der Waals surface area contributed by atoms with Crippen LogP contribution in [0.1, 0.15) is 31.9 Å². The fourth-order valence-electron chi connectivity index (χ4n) is 2.59. The lowest BCUT2D eigenvalue weighted by molar-refractivity contribution is 0.590. The summed E-state index contributed by atoms with van der Waals surface area (Å²) in [7, 11) is 0. The zero-order valence-corrected chi connectivity index (χ0v) is 14.7. The van der Waals surface area contributed by atoms with E-state index in [0.717, 1.165) is 22.8 Å². The van der Waals surface area contributed by atoms with Crippen LogP contribution in [0.5, 0.6) is 0 Å². The lowest BCUT2D eigenvalue weighted by atomic mass is 9.87. The number of hydrogen-bond acceptors (Lipinski definition) is 3. The first-order chi connectivity index (χ1) is 11.4. The normalized spacial score (nSPS) is 11.3. The van der Waals surface area contributed by atoms with Crippen molar-refractivity contribution in [2.75, 3.05) is 5.32 Å². The number of benzene rings is 2. The van der Waals surface area contributed by atoms with Crippen LogP contribution in [0.4, 0.5) is 11.5 Å². The highest BCUT2D eigenvalue weighted by atomic mass is 15.0. The molecule has 0 fully saturated rings. The van der Waals surface area contributed by atoms with Crippen molar-refractivity contribution in [1.82, 2.24) is 9.97 Å². The fraction of sp³-hybridized carbons (Fsp3) is 0.238. The Labute approximate surface area is 143 Å². The smallest absolute Gasteiger partial charge is 0.134 e. The SMILES string of the molecule is Cc1cccc(-c2cc(Nc3ccc(C(C)(C)C)cc3)ncn2)c1. The van der Waals surface area contributed by atoms with Gasteiger partial charge in [-0.1, -0.05) is 56.7 Å². The third-order valence-electron chi connectivity index (χ3n) is 4.00. The molecule has 0 radical (unpaired) electrons. The van der Waals surface area contributed by atoms with Gasteiger partial charge in [-0.2, -0.15) is 0 Å². The largest absolute Gasteiger partial charge is 0.340 e. The van der Waals surface area contributed by atoms with Crippen LogP contribution in [0.25, 0.3) is 11.3 Å². The van der Waals surface area contributed by atoms with Crippen LogP contribution in [0.15, 0.2) is 60.9 Å². The van der Waals surface area contributed by atoms with Gasteiger partial charge in [0.25, 0.3) is 0 Å². The van der Waals surface area contributed by atoms with Gasteiger partial charge in [-0.15, -0.1) is 0 Å². The first-order valence-electron chi connectivity index (χ1n) is 8.18. The molecule has 3 aromatic rings. The molecule has 0 unspecified atom stereocenters. The van der Waals surface area contributed by atoms with E-state index in [1.54, 1.807) is 6.33 Å². The molecule has 1 aromatic heterocycles. The van der Waals surface area contributed by atoms with Gasteiger partial charge in [0.1, 0.15) is 12.1 Å². The standard InChI is InChI=1S/C21H23N3/c1-15-6-5-7-16(12-15)19-13-20(23-14-22-19)24-18-10-8-17(9-11-18)21(2,3)4/h5-14H,1-4H3,(H,22,23,24). The molecule has 1 N–H and O–H groups in total. The van der Waals surface area contributed by atoms with Gasteiger partial charge in [0.05, 0.1) is 5.69 Å². The summed E-state index contributed by atoms with van der Waals surface area (Å²) in [5.41, 5.74) is 5.74. The predicted octanol–water partition coefficient (Wildman–Crippen LogP) is 5.49. The number of aryl methyl sites for hydroxylation is 1. The molecule has 0 bridgehead atoms. The number of aromatic nitrogens is 2. The topological polar surface area (TPSA) is 37.8 Å². The molecule has 0 atom stereocenters. The van der Waals surface area contributed by atoms with Crippen molar-refractivity contribution in [2.45, 2.75) is 33.1 Å². The summed E-state index contributed by atoms with van der Waals surface area (Å²) in [6, 6.07) is 18.8. The van der Waals surface area contributed by atoms with E-state index in [1.807, 2.05) is 12.1 Å². The van der Waals surface area contributed by atoms with Crippen LogP contribution in [-0.2, 0) is 5.41 Å². The summed E-state index contributed by atoms with van der Waals surface area (Å²) in [5.74, 6) is 0.796. The molecule has 24 heavy (non-hydrogen) atoms. The fourth-order valence-corrected chi connectivity index (χ4v) is 2.59. The monoisotopic (exact) mass is 317 g/mol. The molecular formula is C21H23N3. The van der Waals surface area contributed by atoms with Crippen molar-refractivity contribution in [1.29, 1.82) is 0 Å². The van der Waals surface area contributed by atoms with Crippen molar-refractivity contribution in [3.8, 4) is 11.3 Å². The van der Waals surface area contributed by atoms with Crippen LogP contribution < -0.4 is 5.32 Å². The summed E-state index contributed by atoms with van der Waals surface area (Å²) in [4.78, 5) is 8.72. The molecule has 2 aromatic carbocycles. The number of rotatable bonds is 3. The Morgan fingerprint density at radius 3 is 2.29 bits per heavy atom. The highest BCUT2D eigenvalue weighted by molar-refractivity contribution is 5.65. The van der Waals surface area contributed by atoms with Gasteiger partial charge in [0.15, 0.2) is 0 Å². The first kappa shape index (κ1) is 16.2. The Bertz CT molecular complexity index is 830. The van der Waals surface area contributed by atoms with Crippen molar-refractivity contribution in [2.24, 2.45) is 0 Å². The minimum atomic E-state index is 0.159. The second-order valence-electron chi connectivity index (χ2n) is 7.11. The lowest BCUT2D eigenvalue weighted by Crippen LogP contribution is -2.10. The van der Waals surface area contributed by atoms with Crippen molar-refractivity contribution in [3.05, 3.63) is 72.1 Å². The second kappa shape index (κ2) is 6.44. The van der Waals surface area contributed by atoms with Gasteiger partial charge >= 0.3 is 0 Å². The molecule has 0 saturated carbocycles. The van der Waals surface area contributed by atoms with Crippen LogP contribution in [0, 0.1) is 6.92 Å². The van der Waals surface area contributed by atoms with Gasteiger partial charge in [-0.25, -0.2) is 9.97 Å². The van der Waals surface area contributed by atoms with Gasteiger partial charge in [-0.3, -0.25) is 0 Å². The molecule has 0 saturated heterocycles. The second-order valence-corrected chi connectivity index (χ2v) is 7.11. The van der Waals surface area contributed by atoms with Crippen molar-refractivity contribution >= 4 is 11.5 Å². The minimum Gasteiger partial charge on any atom is -0.340 e. The molecule has 3 nitrogen and oxygen atoms in total. The molecule has 122 valence electrons. The Hall–Kier alpha value is -2.68. The van der Waals surface area contributed by atoms with E-state index in [1.165, 1.54) is 11.1 Å². The van der Waals surface area contributed by atoms with E-state index in [2.05, 4.69) is 85.4 Å². The Kier molecular flexibility index (Phi) is 4.34. The highest BCUT2D eigenvalue weighted by Gasteiger charge is 2.12. The minimum absolute atomic E-state index is 0.159. The zero-order valence-electron chi connectivity index (χ0n) is 14.7. The summed E-state index contributed by atoms with van der Waals surface area (Å²) in [5, 5.41) is 3.36. The summed E-state index contributed by atoms with van der Waals surface area (Å²) < 4.78 is 0. The maximum Gasteiger partial charge on any atom is 0.134 e. The molecule has 0 spiro atoms. The molecule has 3 rings (SSSR count). The number of hydrogen-bond donors (Lipinski definition) is 1. The Morgan fingerprint density at radius 2 is 1.62 bits per heavy atom. The van der Waals surface area contributed by atoms with Crippen LogP contribution in [0.3, 0.4) is 0 Å². The van der Waals surface area contributed by atoms with Crippen LogP contribution in [-0.4, -0.2) is 9.97 Å². The molecule has 0 amide bonds. The maximum absolute atomic E-state index is 4.39. The molecule has 3 heteroatoms. The molecule has 0 aliphatic carbocycles. The van der Waals surface area contributed by atoms with Crippen LogP contribution in [0.2, 0.25) is 0 Å². The van der Waals surface area contributed by atoms with Gasteiger partial charge in [0, 0.05) is 17.3 Å². The van der Waals surface area contributed by atoms with Crippen molar-refractivity contribution in [3.63, 3.8) is 0 Å². The average Bonchev–Trinajstić information content (AvgIpc) is 2.55. The van der Waals surface area contributed by atoms with Crippen LogP contribution >= 0.6 is 0 Å². The third kappa shape index (κ3) is 3.80. The first-order valence-corrected chi connectivity index (χ1v) is 8.18. The molecule has 0 aliphatic rings. The van der Waals surface area contributed by atoms with Gasteiger partial charge in [0.2, 0.25) is 0 Å². The summed E-state index contributed by atoms with van der Waals surface area (Å²) in [6.07, 6.45) is 1.60. The van der Waals surface area contributed by atoms with Gasteiger partial charge < -0.3 is 5.32 Å². The summed E-state index contributed by atoms with van der Waals surface area (Å²) in [6.45, 7) is 8.73. The lowest BCUT2D eigenvalue weighted by Gasteiger charge is -2.19. The maximum atomic E-state index is 4.39. The van der Waals surface area contributed by atoms with E-state index in [9.17, 15) is 0 Å².